The van der Waals surface area contributed by atoms with Gasteiger partial charge in [0, 0.05) is 11.6 Å². The molecule has 0 bridgehead atoms. The Morgan fingerprint density at radius 3 is 2.46 bits per heavy atom. The molecule has 146 valence electrons. The maximum Gasteiger partial charge on any atom is 0.315 e. The van der Waals surface area contributed by atoms with Crippen molar-refractivity contribution >= 4 is 27.3 Å². The van der Waals surface area contributed by atoms with E-state index in [2.05, 4.69) is 15.5 Å². The lowest BCUT2D eigenvalue weighted by molar-refractivity contribution is 0.0907. The molecule has 10 heteroatoms. The monoisotopic (exact) mass is 421 g/mol. The van der Waals surface area contributed by atoms with Crippen molar-refractivity contribution < 1.29 is 22.5 Å². The Bertz CT molecular complexity index is 1060. The Hall–Kier alpha value is -2.91. The maximum atomic E-state index is 12.4. The quantitative estimate of drug-likeness (QED) is 0.624. The Labute approximate surface area is 166 Å². The van der Waals surface area contributed by atoms with Gasteiger partial charge in [0.1, 0.15) is 11.5 Å². The van der Waals surface area contributed by atoms with Crippen LogP contribution in [0, 0.1) is 0 Å². The van der Waals surface area contributed by atoms with Crippen molar-refractivity contribution in [3.63, 3.8) is 0 Å². The summed E-state index contributed by atoms with van der Waals surface area (Å²) >= 11 is 5.76. The number of methoxy groups -OCH3 is 1. The van der Waals surface area contributed by atoms with Crippen LogP contribution in [-0.2, 0) is 22.1 Å². The van der Waals surface area contributed by atoms with Gasteiger partial charge >= 0.3 is 11.8 Å². The van der Waals surface area contributed by atoms with Gasteiger partial charge in [-0.15, -0.1) is 0 Å². The highest BCUT2D eigenvalue weighted by molar-refractivity contribution is 7.90. The molecule has 3 rings (SSSR count). The molecular weight excluding hydrogens is 406 g/mol. The van der Waals surface area contributed by atoms with Crippen molar-refractivity contribution in [2.75, 3.05) is 7.11 Å². The number of sulfone groups is 1. The standard InChI is InChI=1S/C18H16ClN3O5S/c1-26-14-6-2-12(3-7-14)10-20-17(23)18-21-16(22-27-18)11-28(24,25)15-8-4-13(19)5-9-15/h2-9H,10-11H2,1H3,(H,20,23). The lowest BCUT2D eigenvalue weighted by Gasteiger charge is -2.04. The van der Waals surface area contributed by atoms with Gasteiger partial charge < -0.3 is 14.6 Å². The number of hydrogen-bond donors (Lipinski definition) is 1. The number of hydrogen-bond acceptors (Lipinski definition) is 7. The van der Waals surface area contributed by atoms with E-state index in [4.69, 9.17) is 20.9 Å². The molecule has 1 aromatic heterocycles. The van der Waals surface area contributed by atoms with Crippen LogP contribution in [0.15, 0.2) is 57.9 Å². The molecule has 0 aliphatic rings. The van der Waals surface area contributed by atoms with Crippen LogP contribution in [0.25, 0.3) is 0 Å². The van der Waals surface area contributed by atoms with E-state index < -0.39 is 21.5 Å². The summed E-state index contributed by atoms with van der Waals surface area (Å²) in [6.07, 6.45) is 0. The lowest BCUT2D eigenvalue weighted by atomic mass is 10.2. The molecule has 1 N–H and O–H groups in total. The molecule has 0 radical (unpaired) electrons. The molecule has 1 heterocycles. The molecule has 0 fully saturated rings. The molecule has 28 heavy (non-hydrogen) atoms. The fourth-order valence-electron chi connectivity index (χ4n) is 2.30. The topological polar surface area (TPSA) is 111 Å². The molecule has 0 saturated heterocycles. The molecule has 8 nitrogen and oxygen atoms in total. The van der Waals surface area contributed by atoms with E-state index in [1.807, 2.05) is 0 Å². The Morgan fingerprint density at radius 2 is 1.82 bits per heavy atom. The molecule has 1 amide bonds. The number of amides is 1. The van der Waals surface area contributed by atoms with Gasteiger partial charge in [0.05, 0.1) is 12.0 Å². The Morgan fingerprint density at radius 1 is 1.14 bits per heavy atom. The van der Waals surface area contributed by atoms with Gasteiger partial charge in [-0.3, -0.25) is 4.79 Å². The van der Waals surface area contributed by atoms with Gasteiger partial charge in [-0.25, -0.2) is 8.42 Å². The van der Waals surface area contributed by atoms with E-state index in [0.717, 1.165) is 5.56 Å². The maximum absolute atomic E-state index is 12.4. The highest BCUT2D eigenvalue weighted by Gasteiger charge is 2.21. The van der Waals surface area contributed by atoms with E-state index in [-0.39, 0.29) is 23.2 Å². The number of nitrogens with one attached hydrogen (secondary N) is 1. The van der Waals surface area contributed by atoms with Crippen LogP contribution in [0.3, 0.4) is 0 Å². The first-order valence-corrected chi connectivity index (χ1v) is 10.1. The zero-order valence-corrected chi connectivity index (χ0v) is 16.3. The second kappa shape index (κ2) is 8.41. The highest BCUT2D eigenvalue weighted by atomic mass is 35.5. The van der Waals surface area contributed by atoms with E-state index >= 15 is 0 Å². The highest BCUT2D eigenvalue weighted by Crippen LogP contribution is 2.18. The predicted molar refractivity (Wildman–Crippen MR) is 101 cm³/mol. The first-order chi connectivity index (χ1) is 13.4. The second-order valence-electron chi connectivity index (χ2n) is 5.76. The van der Waals surface area contributed by atoms with Crippen molar-refractivity contribution in [3.05, 3.63) is 70.8 Å². The molecule has 2 aromatic carbocycles. The molecular formula is C18H16ClN3O5S. The van der Waals surface area contributed by atoms with Gasteiger partial charge in [0.15, 0.2) is 15.7 Å². The molecule has 3 aromatic rings. The zero-order valence-electron chi connectivity index (χ0n) is 14.8. The summed E-state index contributed by atoms with van der Waals surface area (Å²) in [4.78, 5) is 16.1. The minimum absolute atomic E-state index is 0.0761. The fourth-order valence-corrected chi connectivity index (χ4v) is 3.60. The second-order valence-corrected chi connectivity index (χ2v) is 8.19. The summed E-state index contributed by atoms with van der Waals surface area (Å²) in [6.45, 7) is 0.240. The first-order valence-electron chi connectivity index (χ1n) is 8.09. The van der Waals surface area contributed by atoms with E-state index in [0.29, 0.717) is 10.8 Å². The molecule has 0 spiro atoms. The third-order valence-corrected chi connectivity index (χ3v) is 5.65. The van der Waals surface area contributed by atoms with Crippen molar-refractivity contribution in [3.8, 4) is 5.75 Å². The van der Waals surface area contributed by atoms with Crippen molar-refractivity contribution in [2.45, 2.75) is 17.2 Å². The lowest BCUT2D eigenvalue weighted by Crippen LogP contribution is -2.23. The number of aromatic nitrogens is 2. The number of ether oxygens (including phenoxy) is 1. The summed E-state index contributed by atoms with van der Waals surface area (Å²) in [5.41, 5.74) is 0.846. The van der Waals surface area contributed by atoms with Gasteiger partial charge in [0.2, 0.25) is 0 Å². The predicted octanol–water partition coefficient (Wildman–Crippen LogP) is 2.64. The third kappa shape index (κ3) is 4.87. The molecule has 0 saturated carbocycles. The van der Waals surface area contributed by atoms with E-state index in [1.54, 1.807) is 31.4 Å². The number of carbonyl (C=O) groups is 1. The van der Waals surface area contributed by atoms with Gasteiger partial charge in [0.25, 0.3) is 0 Å². The fraction of sp³-hybridized carbons (Fsp3) is 0.167. The number of benzene rings is 2. The third-order valence-electron chi connectivity index (χ3n) is 3.77. The molecule has 0 aliphatic heterocycles. The normalized spacial score (nSPS) is 11.2. The zero-order chi connectivity index (χ0) is 20.1. The molecule has 0 unspecified atom stereocenters. The van der Waals surface area contributed by atoms with Crippen LogP contribution in [0.5, 0.6) is 5.75 Å². The number of carbonyl (C=O) groups excluding carboxylic acids is 1. The molecule has 0 atom stereocenters. The largest absolute Gasteiger partial charge is 0.497 e. The van der Waals surface area contributed by atoms with Crippen molar-refractivity contribution in [2.24, 2.45) is 0 Å². The van der Waals surface area contributed by atoms with E-state index in [9.17, 15) is 13.2 Å². The van der Waals surface area contributed by atoms with Crippen LogP contribution >= 0.6 is 11.6 Å². The Balaban J connectivity index is 1.62. The summed E-state index contributed by atoms with van der Waals surface area (Å²) in [5.74, 6) is -0.805. The minimum atomic E-state index is -3.69. The minimum Gasteiger partial charge on any atom is -0.497 e. The number of halogens is 1. The van der Waals surface area contributed by atoms with Crippen LogP contribution in [-0.4, -0.2) is 31.6 Å². The average Bonchev–Trinajstić information content (AvgIpc) is 3.14. The average molecular weight is 422 g/mol. The SMILES string of the molecule is COc1ccc(CNC(=O)c2nc(CS(=O)(=O)c3ccc(Cl)cc3)no2)cc1. The van der Waals surface area contributed by atoms with Crippen LogP contribution in [0.1, 0.15) is 22.1 Å². The van der Waals surface area contributed by atoms with E-state index in [1.165, 1.54) is 24.3 Å². The summed E-state index contributed by atoms with van der Waals surface area (Å²) < 4.78 is 34.7. The van der Waals surface area contributed by atoms with Crippen molar-refractivity contribution in [1.82, 2.24) is 15.5 Å². The first kappa shape index (κ1) is 19.8. The van der Waals surface area contributed by atoms with Crippen LogP contribution in [0.2, 0.25) is 5.02 Å². The van der Waals surface area contributed by atoms with Gasteiger partial charge in [-0.05, 0) is 42.0 Å². The summed E-state index contributed by atoms with van der Waals surface area (Å²) in [7, 11) is -2.13. The number of nitrogens with zero attached hydrogens (tertiary/aromatic N) is 2. The summed E-state index contributed by atoms with van der Waals surface area (Å²) in [6, 6.07) is 12.9. The number of rotatable bonds is 7. The van der Waals surface area contributed by atoms with Crippen LogP contribution < -0.4 is 10.1 Å². The van der Waals surface area contributed by atoms with Crippen LogP contribution in [0.4, 0.5) is 0 Å². The van der Waals surface area contributed by atoms with Crippen molar-refractivity contribution in [1.29, 1.82) is 0 Å². The summed E-state index contributed by atoms with van der Waals surface area (Å²) in [5, 5.41) is 6.63. The van der Waals surface area contributed by atoms with Gasteiger partial charge in [-0.1, -0.05) is 28.9 Å². The molecule has 0 aliphatic carbocycles. The Kier molecular flexibility index (Phi) is 5.96. The van der Waals surface area contributed by atoms with Gasteiger partial charge in [-0.2, -0.15) is 4.98 Å². The smallest absolute Gasteiger partial charge is 0.315 e.